The highest BCUT2D eigenvalue weighted by Gasteiger charge is 2.04. The molecule has 0 aliphatic heterocycles. The number of nitrogens with zero attached hydrogens (tertiary/aromatic N) is 2. The predicted molar refractivity (Wildman–Crippen MR) is 63.8 cm³/mol. The van der Waals surface area contributed by atoms with Crippen molar-refractivity contribution in [1.29, 1.82) is 0 Å². The van der Waals surface area contributed by atoms with Gasteiger partial charge in [0.15, 0.2) is 0 Å². The van der Waals surface area contributed by atoms with Gasteiger partial charge in [0, 0.05) is 33.0 Å². The van der Waals surface area contributed by atoms with Crippen LogP contribution in [-0.2, 0) is 16.0 Å². The van der Waals surface area contributed by atoms with Crippen molar-refractivity contribution in [3.8, 4) is 0 Å². The third kappa shape index (κ3) is 4.20. The minimum absolute atomic E-state index is 0.690. The van der Waals surface area contributed by atoms with Crippen LogP contribution < -0.4 is 5.32 Å². The van der Waals surface area contributed by atoms with Crippen molar-refractivity contribution in [1.82, 2.24) is 9.55 Å². The van der Waals surface area contributed by atoms with E-state index in [-0.39, 0.29) is 0 Å². The van der Waals surface area contributed by atoms with Gasteiger partial charge in [-0.15, -0.1) is 0 Å². The van der Waals surface area contributed by atoms with Crippen LogP contribution in [0.5, 0.6) is 0 Å². The molecular formula is C11H21N3O2. The van der Waals surface area contributed by atoms with Gasteiger partial charge in [-0.25, -0.2) is 4.98 Å². The number of imidazole rings is 1. The Morgan fingerprint density at radius 3 is 2.94 bits per heavy atom. The van der Waals surface area contributed by atoms with E-state index in [2.05, 4.69) is 14.9 Å². The maximum absolute atomic E-state index is 5.26. The summed E-state index contributed by atoms with van der Waals surface area (Å²) in [5.74, 6) is 0.884. The van der Waals surface area contributed by atoms with Gasteiger partial charge in [-0.3, -0.25) is 0 Å². The van der Waals surface area contributed by atoms with Gasteiger partial charge in [0.1, 0.15) is 0 Å². The molecule has 0 aliphatic carbocycles. The topological polar surface area (TPSA) is 48.3 Å². The zero-order chi connectivity index (χ0) is 11.8. The van der Waals surface area contributed by atoms with Crippen LogP contribution >= 0.6 is 0 Å². The molecule has 0 saturated carbocycles. The molecule has 0 fully saturated rings. The average molecular weight is 227 g/mol. The largest absolute Gasteiger partial charge is 0.383 e. The van der Waals surface area contributed by atoms with Crippen molar-refractivity contribution in [3.63, 3.8) is 0 Å². The first-order valence-electron chi connectivity index (χ1n) is 5.62. The molecule has 0 amide bonds. The Labute approximate surface area is 96.8 Å². The van der Waals surface area contributed by atoms with E-state index in [1.165, 1.54) is 0 Å². The fourth-order valence-electron chi connectivity index (χ4n) is 1.43. The maximum Gasteiger partial charge on any atom is 0.203 e. The molecule has 0 spiro atoms. The molecule has 5 nitrogen and oxygen atoms in total. The number of ether oxygens (including phenoxy) is 2. The van der Waals surface area contributed by atoms with Gasteiger partial charge in [0.25, 0.3) is 0 Å². The van der Waals surface area contributed by atoms with E-state index in [9.17, 15) is 0 Å². The van der Waals surface area contributed by atoms with E-state index in [0.29, 0.717) is 13.2 Å². The summed E-state index contributed by atoms with van der Waals surface area (Å²) in [5.41, 5.74) is 1.01. The lowest BCUT2D eigenvalue weighted by Crippen LogP contribution is -2.14. The smallest absolute Gasteiger partial charge is 0.203 e. The molecule has 0 aromatic carbocycles. The van der Waals surface area contributed by atoms with E-state index in [4.69, 9.17) is 9.47 Å². The fraction of sp³-hybridized carbons (Fsp3) is 0.727. The molecule has 5 heteroatoms. The second kappa shape index (κ2) is 7.24. The summed E-state index contributed by atoms with van der Waals surface area (Å²) < 4.78 is 12.4. The molecular weight excluding hydrogens is 206 g/mol. The maximum atomic E-state index is 5.26. The molecule has 0 saturated heterocycles. The Bertz CT molecular complexity index is 299. The van der Waals surface area contributed by atoms with Crippen LogP contribution in [0.4, 0.5) is 5.95 Å². The van der Waals surface area contributed by atoms with E-state index in [1.54, 1.807) is 7.11 Å². The third-order valence-corrected chi connectivity index (χ3v) is 2.17. The molecule has 16 heavy (non-hydrogen) atoms. The van der Waals surface area contributed by atoms with Gasteiger partial charge in [-0.1, -0.05) is 0 Å². The van der Waals surface area contributed by atoms with Crippen LogP contribution in [0.1, 0.15) is 12.6 Å². The third-order valence-electron chi connectivity index (χ3n) is 2.17. The number of anilines is 1. The quantitative estimate of drug-likeness (QED) is 0.680. The van der Waals surface area contributed by atoms with Crippen molar-refractivity contribution in [2.45, 2.75) is 20.4 Å². The minimum atomic E-state index is 0.690. The van der Waals surface area contributed by atoms with Gasteiger partial charge < -0.3 is 19.4 Å². The van der Waals surface area contributed by atoms with Crippen molar-refractivity contribution in [2.75, 3.05) is 38.8 Å². The van der Waals surface area contributed by atoms with Gasteiger partial charge in [0.05, 0.1) is 18.9 Å². The molecule has 1 heterocycles. The molecule has 1 aromatic rings. The zero-order valence-corrected chi connectivity index (χ0v) is 10.3. The lowest BCUT2D eigenvalue weighted by atomic mass is 10.5. The highest BCUT2D eigenvalue weighted by molar-refractivity contribution is 5.28. The number of aryl methyl sites for hydroxylation is 1. The number of nitrogens with one attached hydrogen (secondary N) is 1. The Balaban J connectivity index is 2.43. The minimum Gasteiger partial charge on any atom is -0.383 e. The first kappa shape index (κ1) is 13.0. The monoisotopic (exact) mass is 227 g/mol. The molecule has 0 aliphatic rings. The molecule has 0 unspecified atom stereocenters. The molecule has 1 N–H and O–H groups in total. The second-order valence-corrected chi connectivity index (χ2v) is 3.52. The summed E-state index contributed by atoms with van der Waals surface area (Å²) in [6, 6.07) is 0. The van der Waals surface area contributed by atoms with Gasteiger partial charge >= 0.3 is 0 Å². The summed E-state index contributed by atoms with van der Waals surface area (Å²) in [5, 5.41) is 3.25. The van der Waals surface area contributed by atoms with Gasteiger partial charge in [-0.05, 0) is 13.8 Å². The molecule has 92 valence electrons. The van der Waals surface area contributed by atoms with Crippen LogP contribution in [0.2, 0.25) is 0 Å². The number of hydrogen-bond acceptors (Lipinski definition) is 4. The molecule has 1 rings (SSSR count). The van der Waals surface area contributed by atoms with E-state index < -0.39 is 0 Å². The molecule has 0 bridgehead atoms. The number of aromatic nitrogens is 2. The van der Waals surface area contributed by atoms with Crippen molar-refractivity contribution in [2.24, 2.45) is 0 Å². The van der Waals surface area contributed by atoms with Gasteiger partial charge in [-0.2, -0.15) is 0 Å². The van der Waals surface area contributed by atoms with Crippen molar-refractivity contribution < 1.29 is 9.47 Å². The van der Waals surface area contributed by atoms with Gasteiger partial charge in [0.2, 0.25) is 5.95 Å². The van der Waals surface area contributed by atoms with Crippen LogP contribution in [0.25, 0.3) is 0 Å². The fourth-order valence-corrected chi connectivity index (χ4v) is 1.43. The Morgan fingerprint density at radius 2 is 2.25 bits per heavy atom. The Morgan fingerprint density at radius 1 is 1.44 bits per heavy atom. The number of methoxy groups -OCH3 is 1. The summed E-state index contributed by atoms with van der Waals surface area (Å²) >= 11 is 0. The Kier molecular flexibility index (Phi) is 5.88. The standard InChI is InChI=1S/C11H21N3O2/c1-4-16-7-5-12-11-13-10(2)9-14(11)6-8-15-3/h9H,4-8H2,1-3H3,(H,12,13). The summed E-state index contributed by atoms with van der Waals surface area (Å²) in [7, 11) is 1.70. The first-order valence-corrected chi connectivity index (χ1v) is 5.62. The second-order valence-electron chi connectivity index (χ2n) is 3.52. The van der Waals surface area contributed by atoms with Crippen LogP contribution in [0, 0.1) is 6.92 Å². The normalized spacial score (nSPS) is 10.7. The molecule has 0 atom stereocenters. The van der Waals surface area contributed by atoms with E-state index >= 15 is 0 Å². The van der Waals surface area contributed by atoms with Crippen LogP contribution in [-0.4, -0.2) is 43.0 Å². The highest BCUT2D eigenvalue weighted by atomic mass is 16.5. The van der Waals surface area contributed by atoms with E-state index in [0.717, 1.165) is 31.3 Å². The summed E-state index contributed by atoms with van der Waals surface area (Å²) in [6.07, 6.45) is 2.02. The highest BCUT2D eigenvalue weighted by Crippen LogP contribution is 2.07. The first-order chi connectivity index (χ1) is 7.77. The zero-order valence-electron chi connectivity index (χ0n) is 10.3. The van der Waals surface area contributed by atoms with Crippen LogP contribution in [0.15, 0.2) is 6.20 Å². The lowest BCUT2D eigenvalue weighted by molar-refractivity contribution is 0.158. The molecule has 0 radical (unpaired) electrons. The Hall–Kier alpha value is -1.07. The van der Waals surface area contributed by atoms with Crippen LogP contribution in [0.3, 0.4) is 0 Å². The number of rotatable bonds is 8. The van der Waals surface area contributed by atoms with Crippen molar-refractivity contribution in [3.05, 3.63) is 11.9 Å². The van der Waals surface area contributed by atoms with E-state index in [1.807, 2.05) is 20.0 Å². The SMILES string of the molecule is CCOCCNc1nc(C)cn1CCOC. The lowest BCUT2D eigenvalue weighted by Gasteiger charge is -2.09. The molecule has 1 aromatic heterocycles. The summed E-state index contributed by atoms with van der Waals surface area (Å²) in [4.78, 5) is 4.40. The summed E-state index contributed by atoms with van der Waals surface area (Å²) in [6.45, 7) is 7.70. The number of hydrogen-bond donors (Lipinski definition) is 1. The van der Waals surface area contributed by atoms with Crippen molar-refractivity contribution >= 4 is 5.95 Å². The average Bonchev–Trinajstić information content (AvgIpc) is 2.62. The predicted octanol–water partition coefficient (Wildman–Crippen LogP) is 1.29.